The van der Waals surface area contributed by atoms with E-state index >= 15 is 0 Å². The van der Waals surface area contributed by atoms with E-state index in [0.29, 0.717) is 35.9 Å². The van der Waals surface area contributed by atoms with Crippen molar-refractivity contribution in [3.63, 3.8) is 0 Å². The Bertz CT molecular complexity index is 786. The molecule has 0 unspecified atom stereocenters. The largest absolute Gasteiger partial charge is 0.489 e. The number of carbonyl (C=O) groups excluding carboxylic acids is 1. The molecule has 2 heterocycles. The Kier molecular flexibility index (Phi) is 3.09. The van der Waals surface area contributed by atoms with Gasteiger partial charge >= 0.3 is 5.97 Å². The highest BCUT2D eigenvalue weighted by Gasteiger charge is 2.26. The lowest BCUT2D eigenvalue weighted by molar-refractivity contribution is -0.123. The van der Waals surface area contributed by atoms with Gasteiger partial charge in [-0.25, -0.2) is 9.78 Å². The van der Waals surface area contributed by atoms with Crippen molar-refractivity contribution in [2.45, 2.75) is 27.3 Å². The molecule has 116 valence electrons. The molecular formula is C15H17N3O4. The van der Waals surface area contributed by atoms with Crippen molar-refractivity contribution in [1.29, 1.82) is 0 Å². The zero-order valence-corrected chi connectivity index (χ0v) is 12.6. The first-order chi connectivity index (χ1) is 10.3. The fraction of sp³-hybridized carbons (Fsp3) is 0.400. The van der Waals surface area contributed by atoms with Gasteiger partial charge in [0.05, 0.1) is 17.6 Å². The topological polar surface area (TPSA) is 93.5 Å². The molecule has 7 heteroatoms. The summed E-state index contributed by atoms with van der Waals surface area (Å²) in [6.45, 7) is 6.41. The number of aromatic carboxylic acids is 1. The molecule has 0 saturated carbocycles. The van der Waals surface area contributed by atoms with Crippen LogP contribution in [0.15, 0.2) is 12.1 Å². The lowest BCUT2D eigenvalue weighted by Crippen LogP contribution is -2.29. The number of carboxylic acid groups (broad SMARTS) is 1. The molecule has 1 aliphatic rings. The summed E-state index contributed by atoms with van der Waals surface area (Å²) in [5, 5.41) is 12.0. The van der Waals surface area contributed by atoms with Crippen LogP contribution in [0, 0.1) is 5.41 Å². The second-order valence-electron chi connectivity index (χ2n) is 6.29. The molecule has 7 nitrogen and oxygen atoms in total. The molecule has 0 bridgehead atoms. The number of hydrogen-bond donors (Lipinski definition) is 2. The third-order valence-corrected chi connectivity index (χ3v) is 3.53. The van der Waals surface area contributed by atoms with Crippen LogP contribution in [0.25, 0.3) is 11.0 Å². The number of nitrogens with zero attached hydrogens (tertiary/aromatic N) is 2. The SMILES string of the molecule is CC(C)(C)C(=O)Nc1nc2cc(C(=O)O)cc3c2n1CCO3. The van der Waals surface area contributed by atoms with Crippen molar-refractivity contribution >= 4 is 28.9 Å². The molecule has 1 aliphatic heterocycles. The fourth-order valence-corrected chi connectivity index (χ4v) is 2.31. The Hall–Kier alpha value is -2.57. The lowest BCUT2D eigenvalue weighted by atomic mass is 9.96. The third-order valence-electron chi connectivity index (χ3n) is 3.53. The minimum Gasteiger partial charge on any atom is -0.489 e. The van der Waals surface area contributed by atoms with Crippen molar-refractivity contribution in [2.75, 3.05) is 11.9 Å². The van der Waals surface area contributed by atoms with Crippen LogP contribution < -0.4 is 10.1 Å². The molecule has 1 aromatic heterocycles. The molecular weight excluding hydrogens is 286 g/mol. The van der Waals surface area contributed by atoms with Crippen LogP contribution in [0.1, 0.15) is 31.1 Å². The summed E-state index contributed by atoms with van der Waals surface area (Å²) in [5.41, 5.74) is 0.778. The maximum absolute atomic E-state index is 12.2. The number of rotatable bonds is 2. The number of benzene rings is 1. The van der Waals surface area contributed by atoms with E-state index in [1.165, 1.54) is 12.1 Å². The van der Waals surface area contributed by atoms with Gasteiger partial charge in [-0.05, 0) is 12.1 Å². The predicted octanol–water partition coefficient (Wildman–Crippen LogP) is 2.11. The van der Waals surface area contributed by atoms with Crippen LogP contribution in [0.4, 0.5) is 5.95 Å². The number of hydrogen-bond acceptors (Lipinski definition) is 4. The van der Waals surface area contributed by atoms with Gasteiger partial charge in [0.2, 0.25) is 11.9 Å². The second-order valence-corrected chi connectivity index (χ2v) is 6.29. The molecule has 3 rings (SSSR count). The molecule has 0 spiro atoms. The Morgan fingerprint density at radius 3 is 2.73 bits per heavy atom. The van der Waals surface area contributed by atoms with E-state index < -0.39 is 11.4 Å². The molecule has 0 atom stereocenters. The number of nitrogens with one attached hydrogen (secondary N) is 1. The maximum atomic E-state index is 12.2. The first kappa shape index (κ1) is 14.4. The molecule has 0 fully saturated rings. The zero-order valence-electron chi connectivity index (χ0n) is 12.6. The fourth-order valence-electron chi connectivity index (χ4n) is 2.31. The van der Waals surface area contributed by atoms with Crippen molar-refractivity contribution in [1.82, 2.24) is 9.55 Å². The quantitative estimate of drug-likeness (QED) is 0.886. The van der Waals surface area contributed by atoms with Crippen LogP contribution in [0.3, 0.4) is 0 Å². The number of anilines is 1. The highest BCUT2D eigenvalue weighted by Crippen LogP contribution is 2.33. The second kappa shape index (κ2) is 4.72. The molecule has 2 aromatic rings. The molecule has 0 aliphatic carbocycles. The number of carboxylic acids is 1. The van der Waals surface area contributed by atoms with E-state index in [1.807, 2.05) is 25.3 Å². The van der Waals surface area contributed by atoms with Gasteiger partial charge in [-0.2, -0.15) is 0 Å². The number of imidazole rings is 1. The van der Waals surface area contributed by atoms with Crippen LogP contribution in [-0.2, 0) is 11.3 Å². The molecule has 0 radical (unpaired) electrons. The zero-order chi connectivity index (χ0) is 16.1. The minimum atomic E-state index is -1.04. The van der Waals surface area contributed by atoms with Gasteiger partial charge < -0.3 is 14.4 Å². The lowest BCUT2D eigenvalue weighted by Gasteiger charge is -2.20. The Morgan fingerprint density at radius 1 is 1.36 bits per heavy atom. The van der Waals surface area contributed by atoms with Crippen molar-refractivity contribution < 1.29 is 19.4 Å². The van der Waals surface area contributed by atoms with Gasteiger partial charge in [0, 0.05) is 5.41 Å². The summed E-state index contributed by atoms with van der Waals surface area (Å²) in [5.74, 6) is -0.292. The van der Waals surface area contributed by atoms with E-state index in [2.05, 4.69) is 10.3 Å². The summed E-state index contributed by atoms with van der Waals surface area (Å²) >= 11 is 0. The molecule has 2 N–H and O–H groups in total. The van der Waals surface area contributed by atoms with Crippen LogP contribution in [0.5, 0.6) is 5.75 Å². The highest BCUT2D eigenvalue weighted by atomic mass is 16.5. The van der Waals surface area contributed by atoms with E-state index in [1.54, 1.807) is 0 Å². The van der Waals surface area contributed by atoms with Crippen LogP contribution >= 0.6 is 0 Å². The summed E-state index contributed by atoms with van der Waals surface area (Å²) in [6, 6.07) is 2.97. The molecule has 1 aromatic carbocycles. The Labute approximate surface area is 126 Å². The van der Waals surface area contributed by atoms with E-state index in [0.717, 1.165) is 0 Å². The van der Waals surface area contributed by atoms with Gasteiger partial charge in [0.15, 0.2) is 0 Å². The maximum Gasteiger partial charge on any atom is 0.335 e. The Balaban J connectivity index is 2.12. The number of ether oxygens (including phenoxy) is 1. The van der Waals surface area contributed by atoms with Crippen LogP contribution in [-0.4, -0.2) is 33.1 Å². The summed E-state index contributed by atoms with van der Waals surface area (Å²) in [4.78, 5) is 27.7. The summed E-state index contributed by atoms with van der Waals surface area (Å²) in [7, 11) is 0. The van der Waals surface area contributed by atoms with Gasteiger partial charge in [0.1, 0.15) is 17.9 Å². The molecule has 1 amide bonds. The normalized spacial score (nSPS) is 13.8. The molecule has 0 saturated heterocycles. The summed E-state index contributed by atoms with van der Waals surface area (Å²) in [6.07, 6.45) is 0. The average molecular weight is 303 g/mol. The molecule has 22 heavy (non-hydrogen) atoms. The average Bonchev–Trinajstić information content (AvgIpc) is 2.77. The first-order valence-electron chi connectivity index (χ1n) is 6.99. The summed E-state index contributed by atoms with van der Waals surface area (Å²) < 4.78 is 7.39. The van der Waals surface area contributed by atoms with Crippen LogP contribution in [0.2, 0.25) is 0 Å². The van der Waals surface area contributed by atoms with Gasteiger partial charge in [0.25, 0.3) is 0 Å². The minimum absolute atomic E-state index is 0.114. The highest BCUT2D eigenvalue weighted by molar-refractivity contribution is 5.98. The van der Waals surface area contributed by atoms with Crippen molar-refractivity contribution in [3.8, 4) is 5.75 Å². The van der Waals surface area contributed by atoms with E-state index in [9.17, 15) is 9.59 Å². The number of aromatic nitrogens is 2. The van der Waals surface area contributed by atoms with Gasteiger partial charge in [-0.3, -0.25) is 10.1 Å². The monoisotopic (exact) mass is 303 g/mol. The van der Waals surface area contributed by atoms with E-state index in [-0.39, 0.29) is 11.5 Å². The smallest absolute Gasteiger partial charge is 0.335 e. The van der Waals surface area contributed by atoms with Gasteiger partial charge in [-0.15, -0.1) is 0 Å². The number of amides is 1. The van der Waals surface area contributed by atoms with E-state index in [4.69, 9.17) is 9.84 Å². The Morgan fingerprint density at radius 2 is 2.09 bits per heavy atom. The van der Waals surface area contributed by atoms with Gasteiger partial charge in [-0.1, -0.05) is 20.8 Å². The van der Waals surface area contributed by atoms with Crippen molar-refractivity contribution in [3.05, 3.63) is 17.7 Å². The number of carbonyl (C=O) groups is 2. The predicted molar refractivity (Wildman–Crippen MR) is 80.3 cm³/mol. The van der Waals surface area contributed by atoms with Crippen molar-refractivity contribution in [2.24, 2.45) is 5.41 Å². The first-order valence-corrected chi connectivity index (χ1v) is 6.99. The standard InChI is InChI=1S/C15H17N3O4/c1-15(2,3)13(21)17-14-16-9-6-8(12(19)20)7-10-11(9)18(14)4-5-22-10/h6-7H,4-5H2,1-3H3,(H,19,20)(H,16,17,21). The third kappa shape index (κ3) is 2.28.